The molecule has 39 heavy (non-hydrogen) atoms. The molecule has 0 aliphatic heterocycles. The van der Waals surface area contributed by atoms with Crippen LogP contribution in [0.5, 0.6) is 0 Å². The number of carbonyl (C=O) groups is 1. The van der Waals surface area contributed by atoms with Gasteiger partial charge in [0.2, 0.25) is 11.9 Å². The SMILES string of the molecule is Cc1c(Nc2ncc(-c3ccc(CC(=O)Nc4cc(C5(C(F)(F)F)CC5)on4)c(F)c3)cn2)cnn1C1CC1. The van der Waals surface area contributed by atoms with Crippen LogP contribution in [0.15, 0.2) is 47.4 Å². The fraction of sp³-hybridized carbons (Fsp3) is 0.346. The van der Waals surface area contributed by atoms with Crippen molar-refractivity contribution in [2.75, 3.05) is 10.6 Å². The van der Waals surface area contributed by atoms with Gasteiger partial charge in [0.15, 0.2) is 11.6 Å². The monoisotopic (exact) mass is 541 g/mol. The average molecular weight is 542 g/mol. The largest absolute Gasteiger partial charge is 0.401 e. The molecule has 0 atom stereocenters. The fourth-order valence-electron chi connectivity index (χ4n) is 4.48. The maximum Gasteiger partial charge on any atom is 0.401 e. The van der Waals surface area contributed by atoms with E-state index >= 15 is 0 Å². The Kier molecular flexibility index (Phi) is 5.88. The van der Waals surface area contributed by atoms with Crippen molar-refractivity contribution < 1.29 is 26.9 Å². The summed E-state index contributed by atoms with van der Waals surface area (Å²) < 4.78 is 61.4. The molecule has 0 spiro atoms. The number of hydrogen-bond donors (Lipinski definition) is 2. The Morgan fingerprint density at radius 3 is 2.51 bits per heavy atom. The summed E-state index contributed by atoms with van der Waals surface area (Å²) in [6.45, 7) is 1.98. The van der Waals surface area contributed by atoms with Crippen molar-refractivity contribution in [3.63, 3.8) is 0 Å². The van der Waals surface area contributed by atoms with Crippen LogP contribution in [0.25, 0.3) is 11.1 Å². The Hall–Kier alpha value is -4.29. The molecule has 1 aromatic carbocycles. The first kappa shape index (κ1) is 25.0. The molecule has 202 valence electrons. The number of alkyl halides is 3. The summed E-state index contributed by atoms with van der Waals surface area (Å²) >= 11 is 0. The second kappa shape index (κ2) is 9.17. The van der Waals surface area contributed by atoms with Gasteiger partial charge in [-0.1, -0.05) is 17.3 Å². The van der Waals surface area contributed by atoms with E-state index in [0.717, 1.165) is 30.3 Å². The molecule has 0 saturated heterocycles. The van der Waals surface area contributed by atoms with E-state index in [1.807, 2.05) is 11.6 Å². The average Bonchev–Trinajstić information content (AvgIpc) is 3.82. The quantitative estimate of drug-likeness (QED) is 0.278. The zero-order valence-electron chi connectivity index (χ0n) is 20.7. The third-order valence-electron chi connectivity index (χ3n) is 7.12. The van der Waals surface area contributed by atoms with Crippen molar-refractivity contribution in [2.24, 2.45) is 0 Å². The van der Waals surface area contributed by atoms with Crippen molar-refractivity contribution in [2.45, 2.75) is 56.7 Å². The van der Waals surface area contributed by atoms with Crippen LogP contribution >= 0.6 is 0 Å². The van der Waals surface area contributed by atoms with Crippen molar-refractivity contribution in [1.82, 2.24) is 24.9 Å². The van der Waals surface area contributed by atoms with Crippen LogP contribution in [0.3, 0.4) is 0 Å². The third kappa shape index (κ3) is 4.84. The summed E-state index contributed by atoms with van der Waals surface area (Å²) in [4.78, 5) is 21.0. The van der Waals surface area contributed by atoms with Crippen molar-refractivity contribution in [3.05, 3.63) is 65.7 Å². The molecule has 2 saturated carbocycles. The van der Waals surface area contributed by atoms with Crippen LogP contribution in [0.1, 0.15) is 48.7 Å². The van der Waals surface area contributed by atoms with E-state index in [1.54, 1.807) is 24.7 Å². The van der Waals surface area contributed by atoms with E-state index < -0.39 is 23.3 Å². The van der Waals surface area contributed by atoms with E-state index in [4.69, 9.17) is 4.52 Å². The number of carbonyl (C=O) groups excluding carboxylic acids is 1. The first-order valence-electron chi connectivity index (χ1n) is 12.4. The maximum absolute atomic E-state index is 14.8. The summed E-state index contributed by atoms with van der Waals surface area (Å²) in [5.41, 5.74) is 0.984. The van der Waals surface area contributed by atoms with Gasteiger partial charge in [-0.15, -0.1) is 0 Å². The van der Waals surface area contributed by atoms with E-state index in [2.05, 4.69) is 30.9 Å². The lowest BCUT2D eigenvalue weighted by Gasteiger charge is -2.14. The minimum Gasteiger partial charge on any atom is -0.358 e. The molecule has 3 aromatic heterocycles. The lowest BCUT2D eigenvalue weighted by molar-refractivity contribution is -0.165. The minimum atomic E-state index is -4.46. The van der Waals surface area contributed by atoms with Gasteiger partial charge in [-0.3, -0.25) is 9.48 Å². The van der Waals surface area contributed by atoms with Gasteiger partial charge in [-0.2, -0.15) is 18.3 Å². The highest BCUT2D eigenvalue weighted by atomic mass is 19.4. The number of aromatic nitrogens is 5. The summed E-state index contributed by atoms with van der Waals surface area (Å²) in [6.07, 6.45) is 2.14. The van der Waals surface area contributed by atoms with Gasteiger partial charge < -0.3 is 15.2 Å². The first-order valence-corrected chi connectivity index (χ1v) is 12.4. The Morgan fingerprint density at radius 2 is 1.87 bits per heavy atom. The molecule has 2 fully saturated rings. The molecule has 3 heterocycles. The highest BCUT2D eigenvalue weighted by Gasteiger charge is 2.66. The van der Waals surface area contributed by atoms with Gasteiger partial charge in [0.1, 0.15) is 11.2 Å². The molecular formula is C26H23F4N7O2. The molecule has 2 aliphatic rings. The number of hydrogen-bond acceptors (Lipinski definition) is 7. The van der Waals surface area contributed by atoms with Gasteiger partial charge in [0, 0.05) is 24.0 Å². The standard InChI is InChI=1S/C26H23F4N7O2/c1-14-20(13-33-37(14)18-4-5-18)34-24-31-11-17(12-32-24)15-2-3-16(19(27)8-15)9-23(38)35-22-10-21(39-36-22)25(6-7-25)26(28,29)30/h2-3,8,10-13,18H,4-7,9H2,1H3,(H,31,32,34)(H,35,36,38). The lowest BCUT2D eigenvalue weighted by Crippen LogP contribution is -2.28. The smallest absolute Gasteiger partial charge is 0.358 e. The van der Waals surface area contributed by atoms with Crippen molar-refractivity contribution in [1.29, 1.82) is 0 Å². The van der Waals surface area contributed by atoms with Gasteiger partial charge in [-0.25, -0.2) is 14.4 Å². The van der Waals surface area contributed by atoms with E-state index in [0.29, 0.717) is 23.1 Å². The predicted molar refractivity (Wildman–Crippen MR) is 132 cm³/mol. The van der Waals surface area contributed by atoms with E-state index in [-0.39, 0.29) is 36.4 Å². The van der Waals surface area contributed by atoms with Crippen LogP contribution < -0.4 is 10.6 Å². The molecule has 9 nitrogen and oxygen atoms in total. The van der Waals surface area contributed by atoms with Crippen LogP contribution in [-0.2, 0) is 16.6 Å². The van der Waals surface area contributed by atoms with E-state index in [9.17, 15) is 22.4 Å². The highest BCUT2D eigenvalue weighted by molar-refractivity contribution is 5.91. The second-order valence-electron chi connectivity index (χ2n) is 9.93. The molecule has 6 rings (SSSR count). The van der Waals surface area contributed by atoms with Crippen LogP contribution in [0.4, 0.5) is 35.0 Å². The van der Waals surface area contributed by atoms with Gasteiger partial charge >= 0.3 is 6.18 Å². The Bertz CT molecular complexity index is 1540. The number of nitrogens with zero attached hydrogens (tertiary/aromatic N) is 5. The first-order chi connectivity index (χ1) is 18.6. The second-order valence-corrected chi connectivity index (χ2v) is 9.93. The van der Waals surface area contributed by atoms with Crippen molar-refractivity contribution >= 4 is 23.4 Å². The Labute approximate surface area is 219 Å². The lowest BCUT2D eigenvalue weighted by atomic mass is 10.0. The Morgan fingerprint density at radius 1 is 1.13 bits per heavy atom. The number of amides is 1. The van der Waals surface area contributed by atoms with Gasteiger partial charge in [0.25, 0.3) is 0 Å². The molecular weight excluding hydrogens is 518 g/mol. The number of halogens is 4. The summed E-state index contributed by atoms with van der Waals surface area (Å²) in [5.74, 6) is -1.37. The zero-order chi connectivity index (χ0) is 27.4. The number of rotatable bonds is 8. The minimum absolute atomic E-state index is 0.0907. The molecule has 2 aliphatic carbocycles. The Balaban J connectivity index is 1.08. The predicted octanol–water partition coefficient (Wildman–Crippen LogP) is 5.63. The third-order valence-corrected chi connectivity index (χ3v) is 7.12. The normalized spacial score (nSPS) is 16.2. The van der Waals surface area contributed by atoms with Crippen LogP contribution in [-0.4, -0.2) is 37.0 Å². The molecule has 13 heteroatoms. The van der Waals surface area contributed by atoms with Gasteiger partial charge in [0.05, 0.1) is 30.0 Å². The fourth-order valence-corrected chi connectivity index (χ4v) is 4.48. The molecule has 1 amide bonds. The van der Waals surface area contributed by atoms with Crippen LogP contribution in [0.2, 0.25) is 0 Å². The topological polar surface area (TPSA) is 111 Å². The summed E-state index contributed by atoms with van der Waals surface area (Å²) in [5, 5.41) is 13.4. The molecule has 0 unspecified atom stereocenters. The molecule has 2 N–H and O–H groups in total. The molecule has 0 radical (unpaired) electrons. The maximum atomic E-state index is 14.8. The summed E-state index contributed by atoms with van der Waals surface area (Å²) in [7, 11) is 0. The summed E-state index contributed by atoms with van der Waals surface area (Å²) in [6, 6.07) is 5.89. The number of nitrogens with one attached hydrogen (secondary N) is 2. The molecule has 0 bridgehead atoms. The van der Waals surface area contributed by atoms with E-state index in [1.165, 1.54) is 12.1 Å². The van der Waals surface area contributed by atoms with Crippen molar-refractivity contribution in [3.8, 4) is 11.1 Å². The number of benzene rings is 1. The highest BCUT2D eigenvalue weighted by Crippen LogP contribution is 2.59. The number of anilines is 3. The van der Waals surface area contributed by atoms with Crippen LogP contribution in [0, 0.1) is 12.7 Å². The van der Waals surface area contributed by atoms with Gasteiger partial charge in [-0.05, 0) is 49.8 Å². The molecule has 4 aromatic rings. The zero-order valence-corrected chi connectivity index (χ0v) is 20.7.